The Bertz CT molecular complexity index is 826. The summed E-state index contributed by atoms with van der Waals surface area (Å²) in [6.07, 6.45) is 3.72. The van der Waals surface area contributed by atoms with Crippen molar-refractivity contribution in [2.24, 2.45) is 0 Å². The fourth-order valence-electron chi connectivity index (χ4n) is 3.21. The van der Waals surface area contributed by atoms with E-state index < -0.39 is 0 Å². The van der Waals surface area contributed by atoms with Crippen molar-refractivity contribution in [3.05, 3.63) is 46.2 Å². The third-order valence-corrected chi connectivity index (χ3v) is 4.46. The first kappa shape index (κ1) is 18.3. The van der Waals surface area contributed by atoms with Crippen molar-refractivity contribution in [3.8, 4) is 0 Å². The number of hydrogen-bond donors (Lipinski definition) is 1. The van der Waals surface area contributed by atoms with Gasteiger partial charge in [-0.05, 0) is 6.92 Å². The number of nitrogens with one attached hydrogen (secondary N) is 1. The van der Waals surface area contributed by atoms with E-state index in [0.717, 1.165) is 5.82 Å². The van der Waals surface area contributed by atoms with Crippen LogP contribution in [0.1, 0.15) is 49.6 Å². The zero-order valence-electron chi connectivity index (χ0n) is 15.4. The van der Waals surface area contributed by atoms with Crippen molar-refractivity contribution in [3.63, 3.8) is 0 Å². The van der Waals surface area contributed by atoms with E-state index in [2.05, 4.69) is 28.8 Å². The van der Waals surface area contributed by atoms with Gasteiger partial charge in [-0.1, -0.05) is 13.8 Å². The van der Waals surface area contributed by atoms with E-state index in [4.69, 9.17) is 4.74 Å². The van der Waals surface area contributed by atoms with Gasteiger partial charge in [0, 0.05) is 43.9 Å². The minimum absolute atomic E-state index is 0.0725. The van der Waals surface area contributed by atoms with Gasteiger partial charge in [-0.15, -0.1) is 0 Å². The fourth-order valence-corrected chi connectivity index (χ4v) is 3.21. The van der Waals surface area contributed by atoms with E-state index in [0.29, 0.717) is 50.1 Å². The minimum atomic E-state index is -0.367. The fraction of sp³-hybridized carbons (Fsp3) is 0.556. The zero-order valence-corrected chi connectivity index (χ0v) is 15.4. The maximum Gasteiger partial charge on any atom is 0.251 e. The van der Waals surface area contributed by atoms with E-state index in [1.54, 1.807) is 18.0 Å². The van der Waals surface area contributed by atoms with Crippen LogP contribution in [0.2, 0.25) is 0 Å². The molecule has 140 valence electrons. The number of ether oxygens (including phenoxy) is 1. The zero-order chi connectivity index (χ0) is 18.7. The topological polar surface area (TPSA) is 93.1 Å². The molecule has 0 bridgehead atoms. The first-order valence-corrected chi connectivity index (χ1v) is 8.92. The van der Waals surface area contributed by atoms with Gasteiger partial charge in [0.1, 0.15) is 17.8 Å². The van der Waals surface area contributed by atoms with Crippen molar-refractivity contribution in [1.82, 2.24) is 24.4 Å². The van der Waals surface area contributed by atoms with Crippen molar-refractivity contribution < 1.29 is 9.53 Å². The molecule has 1 amide bonds. The molecule has 1 fully saturated rings. The van der Waals surface area contributed by atoms with E-state index in [-0.39, 0.29) is 17.6 Å². The van der Waals surface area contributed by atoms with E-state index in [9.17, 15) is 9.59 Å². The van der Waals surface area contributed by atoms with Crippen LogP contribution in [-0.4, -0.2) is 50.0 Å². The molecule has 1 unspecified atom stereocenters. The van der Waals surface area contributed by atoms with E-state index >= 15 is 0 Å². The highest BCUT2D eigenvalue weighted by Crippen LogP contribution is 2.20. The summed E-state index contributed by atoms with van der Waals surface area (Å²) >= 11 is 0. The Labute approximate surface area is 152 Å². The molecule has 26 heavy (non-hydrogen) atoms. The Morgan fingerprint density at radius 1 is 1.46 bits per heavy atom. The quantitative estimate of drug-likeness (QED) is 0.871. The summed E-state index contributed by atoms with van der Waals surface area (Å²) in [4.78, 5) is 37.4. The number of carbonyl (C=O) groups is 1. The second-order valence-electron chi connectivity index (χ2n) is 6.84. The molecule has 1 saturated heterocycles. The SMILES string of the molecule is Cc1nc(C2CN(C(=O)CCn3ccnc3C(C)C)CCO2)cc(=O)[nH]1. The van der Waals surface area contributed by atoms with Crippen LogP contribution in [0.4, 0.5) is 0 Å². The summed E-state index contributed by atoms with van der Waals surface area (Å²) in [6.45, 7) is 7.92. The third kappa shape index (κ3) is 4.19. The first-order valence-electron chi connectivity index (χ1n) is 8.92. The Balaban J connectivity index is 1.62. The summed E-state index contributed by atoms with van der Waals surface area (Å²) in [5, 5.41) is 0. The summed E-state index contributed by atoms with van der Waals surface area (Å²) in [6, 6.07) is 1.44. The van der Waals surface area contributed by atoms with Crippen molar-refractivity contribution in [1.29, 1.82) is 0 Å². The predicted octanol–water partition coefficient (Wildman–Crippen LogP) is 1.39. The number of H-pyrrole nitrogens is 1. The van der Waals surface area contributed by atoms with Gasteiger partial charge in [-0.2, -0.15) is 0 Å². The largest absolute Gasteiger partial charge is 0.368 e. The number of hydrogen-bond acceptors (Lipinski definition) is 5. The summed E-state index contributed by atoms with van der Waals surface area (Å²) in [7, 11) is 0. The first-order chi connectivity index (χ1) is 12.4. The van der Waals surface area contributed by atoms with E-state index in [1.807, 2.05) is 10.8 Å². The normalized spacial score (nSPS) is 17.7. The molecule has 3 heterocycles. The van der Waals surface area contributed by atoms with Crippen LogP contribution in [0, 0.1) is 6.92 Å². The number of nitrogens with zero attached hydrogens (tertiary/aromatic N) is 4. The lowest BCUT2D eigenvalue weighted by Crippen LogP contribution is -2.43. The van der Waals surface area contributed by atoms with Crippen LogP contribution in [0.25, 0.3) is 0 Å². The van der Waals surface area contributed by atoms with Crippen molar-refractivity contribution >= 4 is 5.91 Å². The minimum Gasteiger partial charge on any atom is -0.368 e. The number of rotatable bonds is 5. The second kappa shape index (κ2) is 7.82. The Hall–Kier alpha value is -2.48. The lowest BCUT2D eigenvalue weighted by Gasteiger charge is -2.32. The molecule has 1 aliphatic heterocycles. The van der Waals surface area contributed by atoms with Gasteiger partial charge in [0.25, 0.3) is 5.56 Å². The van der Waals surface area contributed by atoms with Crippen LogP contribution in [0.5, 0.6) is 0 Å². The Morgan fingerprint density at radius 3 is 3.00 bits per heavy atom. The van der Waals surface area contributed by atoms with Gasteiger partial charge in [-0.3, -0.25) is 9.59 Å². The van der Waals surface area contributed by atoms with Crippen LogP contribution >= 0.6 is 0 Å². The molecule has 1 atom stereocenters. The van der Waals surface area contributed by atoms with Gasteiger partial charge >= 0.3 is 0 Å². The van der Waals surface area contributed by atoms with Gasteiger partial charge in [0.2, 0.25) is 5.91 Å². The smallest absolute Gasteiger partial charge is 0.251 e. The molecule has 0 spiro atoms. The molecule has 2 aromatic rings. The van der Waals surface area contributed by atoms with Crippen LogP contribution in [0.3, 0.4) is 0 Å². The summed E-state index contributed by atoms with van der Waals surface area (Å²) in [5.74, 6) is 1.92. The number of aromatic nitrogens is 4. The standard InChI is InChI=1S/C18H25N5O3/c1-12(2)18-19-5-7-22(18)6-4-17(25)23-8-9-26-15(11-23)14-10-16(24)21-13(3)20-14/h5,7,10,12,15H,4,6,8-9,11H2,1-3H3,(H,20,21,24). The van der Waals surface area contributed by atoms with Crippen LogP contribution in [0.15, 0.2) is 23.3 Å². The number of aromatic amines is 1. The highest BCUT2D eigenvalue weighted by molar-refractivity contribution is 5.76. The lowest BCUT2D eigenvalue weighted by atomic mass is 10.2. The molecule has 3 rings (SSSR count). The molecular weight excluding hydrogens is 334 g/mol. The monoisotopic (exact) mass is 359 g/mol. The average Bonchev–Trinajstić information content (AvgIpc) is 3.08. The lowest BCUT2D eigenvalue weighted by molar-refractivity contribution is -0.139. The number of aryl methyl sites for hydroxylation is 2. The maximum atomic E-state index is 12.6. The number of carbonyl (C=O) groups excluding carboxylic acids is 1. The third-order valence-electron chi connectivity index (χ3n) is 4.46. The van der Waals surface area contributed by atoms with Crippen LogP contribution in [-0.2, 0) is 16.1 Å². The van der Waals surface area contributed by atoms with Gasteiger partial charge in [0.05, 0.1) is 18.8 Å². The summed E-state index contributed by atoms with van der Waals surface area (Å²) < 4.78 is 7.76. The van der Waals surface area contributed by atoms with Gasteiger partial charge in [0.15, 0.2) is 0 Å². The predicted molar refractivity (Wildman–Crippen MR) is 95.8 cm³/mol. The molecule has 0 saturated carbocycles. The average molecular weight is 359 g/mol. The second-order valence-corrected chi connectivity index (χ2v) is 6.84. The Kier molecular flexibility index (Phi) is 5.51. The molecule has 8 nitrogen and oxygen atoms in total. The van der Waals surface area contributed by atoms with Gasteiger partial charge in [-0.25, -0.2) is 9.97 Å². The molecule has 1 aliphatic rings. The van der Waals surface area contributed by atoms with E-state index in [1.165, 1.54) is 6.07 Å². The molecule has 0 radical (unpaired) electrons. The molecule has 8 heteroatoms. The number of morpholine rings is 1. The molecule has 0 aliphatic carbocycles. The maximum absolute atomic E-state index is 12.6. The Morgan fingerprint density at radius 2 is 2.27 bits per heavy atom. The molecular formula is C18H25N5O3. The molecule has 2 aromatic heterocycles. The van der Waals surface area contributed by atoms with Crippen molar-refractivity contribution in [2.45, 2.75) is 45.8 Å². The van der Waals surface area contributed by atoms with Crippen molar-refractivity contribution in [2.75, 3.05) is 19.7 Å². The highest BCUT2D eigenvalue weighted by atomic mass is 16.5. The highest BCUT2D eigenvalue weighted by Gasteiger charge is 2.26. The van der Waals surface area contributed by atoms with Crippen LogP contribution < -0.4 is 5.56 Å². The van der Waals surface area contributed by atoms with Gasteiger partial charge < -0.3 is 19.2 Å². The molecule has 0 aromatic carbocycles. The number of imidazole rings is 1. The summed E-state index contributed by atoms with van der Waals surface area (Å²) in [5.41, 5.74) is 0.362. The molecule has 1 N–H and O–H groups in total. The number of amides is 1.